The van der Waals surface area contributed by atoms with Gasteiger partial charge in [-0.2, -0.15) is 0 Å². The van der Waals surface area contributed by atoms with Gasteiger partial charge in [-0.25, -0.2) is 0 Å². The molecule has 3 nitrogen and oxygen atoms in total. The van der Waals surface area contributed by atoms with E-state index >= 15 is 0 Å². The number of ketones is 1. The molecular weight excluding hydrogens is 166 g/mol. The first-order chi connectivity index (χ1) is 6.00. The molecule has 3 heteroatoms. The first-order valence-electron chi connectivity index (χ1n) is 4.79. The van der Waals surface area contributed by atoms with Crippen LogP contribution in [0.2, 0.25) is 0 Å². The fraction of sp³-hybridized carbons (Fsp3) is 0.900. The summed E-state index contributed by atoms with van der Waals surface area (Å²) in [5, 5.41) is 0. The van der Waals surface area contributed by atoms with Gasteiger partial charge in [0.25, 0.3) is 0 Å². The lowest BCUT2D eigenvalue weighted by atomic mass is 9.89. The van der Waals surface area contributed by atoms with Crippen molar-refractivity contribution in [3.05, 3.63) is 0 Å². The Kier molecular flexibility index (Phi) is 5.91. The molecule has 2 N–H and O–H groups in total. The number of Topliss-reactive ketones (excluding diaryl/α,β-unsaturated/α-hetero) is 1. The third-order valence-corrected chi connectivity index (χ3v) is 2.48. The van der Waals surface area contributed by atoms with Gasteiger partial charge in [-0.3, -0.25) is 4.79 Å². The summed E-state index contributed by atoms with van der Waals surface area (Å²) in [5.74, 6) is 0.250. The van der Waals surface area contributed by atoms with E-state index in [0.717, 1.165) is 6.42 Å². The quantitative estimate of drug-likeness (QED) is 0.680. The van der Waals surface area contributed by atoms with E-state index < -0.39 is 0 Å². The maximum absolute atomic E-state index is 11.7. The van der Waals surface area contributed by atoms with E-state index in [0.29, 0.717) is 6.61 Å². The molecule has 0 aromatic rings. The SMILES string of the molecule is COCCC(C)C(=O)C(C)C(C)N. The Morgan fingerprint density at radius 1 is 1.38 bits per heavy atom. The van der Waals surface area contributed by atoms with E-state index in [1.54, 1.807) is 7.11 Å². The normalized spacial score (nSPS) is 17.9. The summed E-state index contributed by atoms with van der Waals surface area (Å²) < 4.78 is 4.92. The molecular formula is C10H21NO2. The zero-order valence-electron chi connectivity index (χ0n) is 9.04. The Labute approximate surface area is 80.6 Å². The average molecular weight is 187 g/mol. The molecule has 0 heterocycles. The molecule has 3 atom stereocenters. The smallest absolute Gasteiger partial charge is 0.140 e. The van der Waals surface area contributed by atoms with E-state index in [4.69, 9.17) is 10.5 Å². The Balaban J connectivity index is 3.94. The zero-order valence-corrected chi connectivity index (χ0v) is 9.04. The molecule has 0 amide bonds. The summed E-state index contributed by atoms with van der Waals surface area (Å²) in [7, 11) is 1.65. The van der Waals surface area contributed by atoms with Crippen molar-refractivity contribution in [1.29, 1.82) is 0 Å². The highest BCUT2D eigenvalue weighted by Crippen LogP contribution is 2.12. The van der Waals surface area contributed by atoms with Gasteiger partial charge in [-0.15, -0.1) is 0 Å². The van der Waals surface area contributed by atoms with Crippen molar-refractivity contribution < 1.29 is 9.53 Å². The standard InChI is InChI=1S/C10H21NO2/c1-7(5-6-13-4)10(12)8(2)9(3)11/h7-9H,5-6,11H2,1-4H3. The van der Waals surface area contributed by atoms with Crippen molar-refractivity contribution in [2.45, 2.75) is 33.2 Å². The van der Waals surface area contributed by atoms with E-state index in [1.165, 1.54) is 0 Å². The van der Waals surface area contributed by atoms with Gasteiger partial charge in [0, 0.05) is 31.6 Å². The molecule has 0 spiro atoms. The van der Waals surface area contributed by atoms with Crippen LogP contribution in [0.4, 0.5) is 0 Å². The van der Waals surface area contributed by atoms with Crippen molar-refractivity contribution >= 4 is 5.78 Å². The van der Waals surface area contributed by atoms with Crippen LogP contribution in [0.1, 0.15) is 27.2 Å². The molecule has 0 aromatic carbocycles. The van der Waals surface area contributed by atoms with Crippen LogP contribution in [-0.2, 0) is 9.53 Å². The fourth-order valence-corrected chi connectivity index (χ4v) is 1.14. The van der Waals surface area contributed by atoms with E-state index in [1.807, 2.05) is 20.8 Å². The van der Waals surface area contributed by atoms with Crippen LogP contribution in [0.25, 0.3) is 0 Å². The molecule has 0 radical (unpaired) electrons. The highest BCUT2D eigenvalue weighted by atomic mass is 16.5. The van der Waals surface area contributed by atoms with Crippen LogP contribution in [-0.4, -0.2) is 25.5 Å². The van der Waals surface area contributed by atoms with E-state index in [-0.39, 0.29) is 23.7 Å². The highest BCUT2D eigenvalue weighted by molar-refractivity contribution is 5.83. The summed E-state index contributed by atoms with van der Waals surface area (Å²) in [6.07, 6.45) is 0.784. The Morgan fingerprint density at radius 2 is 1.92 bits per heavy atom. The minimum Gasteiger partial charge on any atom is -0.385 e. The summed E-state index contributed by atoms with van der Waals surface area (Å²) in [6.45, 7) is 6.32. The van der Waals surface area contributed by atoms with Crippen molar-refractivity contribution in [3.63, 3.8) is 0 Å². The number of ether oxygens (including phenoxy) is 1. The average Bonchev–Trinajstić information content (AvgIpc) is 2.11. The van der Waals surface area contributed by atoms with E-state index in [2.05, 4.69) is 0 Å². The second-order valence-corrected chi connectivity index (χ2v) is 3.73. The van der Waals surface area contributed by atoms with Crippen molar-refractivity contribution in [2.24, 2.45) is 17.6 Å². The second kappa shape index (κ2) is 6.11. The summed E-state index contributed by atoms with van der Waals surface area (Å²) in [4.78, 5) is 11.7. The Bertz CT molecular complexity index is 157. The third kappa shape index (κ3) is 4.39. The third-order valence-electron chi connectivity index (χ3n) is 2.48. The van der Waals surface area contributed by atoms with Crippen molar-refractivity contribution in [3.8, 4) is 0 Å². The summed E-state index contributed by atoms with van der Waals surface area (Å²) in [6, 6.07) is -0.0579. The molecule has 0 aliphatic carbocycles. The highest BCUT2D eigenvalue weighted by Gasteiger charge is 2.22. The molecule has 0 bridgehead atoms. The lowest BCUT2D eigenvalue weighted by Crippen LogP contribution is -2.34. The van der Waals surface area contributed by atoms with Crippen LogP contribution in [0, 0.1) is 11.8 Å². The monoisotopic (exact) mass is 187 g/mol. The van der Waals surface area contributed by atoms with Crippen molar-refractivity contribution in [2.75, 3.05) is 13.7 Å². The molecule has 0 aromatic heterocycles. The van der Waals surface area contributed by atoms with Crippen LogP contribution in [0.3, 0.4) is 0 Å². The topological polar surface area (TPSA) is 52.3 Å². The minimum absolute atomic E-state index is 0.0492. The van der Waals surface area contributed by atoms with Crippen LogP contribution < -0.4 is 5.73 Å². The first kappa shape index (κ1) is 12.6. The first-order valence-corrected chi connectivity index (χ1v) is 4.79. The number of methoxy groups -OCH3 is 1. The van der Waals surface area contributed by atoms with Crippen LogP contribution in [0.5, 0.6) is 0 Å². The number of carbonyl (C=O) groups excluding carboxylic acids is 1. The number of carbonyl (C=O) groups is 1. The Hall–Kier alpha value is -0.410. The lowest BCUT2D eigenvalue weighted by molar-refractivity contribution is -0.126. The number of hydrogen-bond donors (Lipinski definition) is 1. The molecule has 0 saturated heterocycles. The largest absolute Gasteiger partial charge is 0.385 e. The predicted octanol–water partition coefficient (Wildman–Crippen LogP) is 1.21. The molecule has 78 valence electrons. The lowest BCUT2D eigenvalue weighted by Gasteiger charge is -2.18. The van der Waals surface area contributed by atoms with Gasteiger partial charge in [-0.1, -0.05) is 13.8 Å². The number of hydrogen-bond acceptors (Lipinski definition) is 3. The van der Waals surface area contributed by atoms with Crippen LogP contribution >= 0.6 is 0 Å². The Morgan fingerprint density at radius 3 is 2.31 bits per heavy atom. The maximum Gasteiger partial charge on any atom is 0.140 e. The van der Waals surface area contributed by atoms with Gasteiger partial charge in [0.1, 0.15) is 5.78 Å². The molecule has 0 aliphatic rings. The van der Waals surface area contributed by atoms with Gasteiger partial charge in [-0.05, 0) is 13.3 Å². The van der Waals surface area contributed by atoms with Gasteiger partial charge in [0.05, 0.1) is 0 Å². The number of nitrogens with two attached hydrogens (primary N) is 1. The molecule has 0 rings (SSSR count). The maximum atomic E-state index is 11.7. The summed E-state index contributed by atoms with van der Waals surface area (Å²) >= 11 is 0. The van der Waals surface area contributed by atoms with Gasteiger partial charge >= 0.3 is 0 Å². The van der Waals surface area contributed by atoms with E-state index in [9.17, 15) is 4.79 Å². The zero-order chi connectivity index (χ0) is 10.4. The van der Waals surface area contributed by atoms with Gasteiger partial charge < -0.3 is 10.5 Å². The molecule has 0 aliphatic heterocycles. The fourth-order valence-electron chi connectivity index (χ4n) is 1.14. The predicted molar refractivity (Wildman–Crippen MR) is 53.5 cm³/mol. The number of rotatable bonds is 6. The van der Waals surface area contributed by atoms with Crippen LogP contribution in [0.15, 0.2) is 0 Å². The second-order valence-electron chi connectivity index (χ2n) is 3.73. The molecule has 13 heavy (non-hydrogen) atoms. The van der Waals surface area contributed by atoms with Gasteiger partial charge in [0.2, 0.25) is 0 Å². The minimum atomic E-state index is -0.0579. The van der Waals surface area contributed by atoms with Gasteiger partial charge in [0.15, 0.2) is 0 Å². The molecule has 0 saturated carbocycles. The summed E-state index contributed by atoms with van der Waals surface area (Å²) in [5.41, 5.74) is 5.65. The van der Waals surface area contributed by atoms with Crippen molar-refractivity contribution in [1.82, 2.24) is 0 Å². The molecule has 3 unspecified atom stereocenters. The molecule has 0 fully saturated rings.